The minimum atomic E-state index is -0.253. The zero-order valence-electron chi connectivity index (χ0n) is 9.02. The number of nitrogens with zero attached hydrogens (tertiary/aromatic N) is 12. The summed E-state index contributed by atoms with van der Waals surface area (Å²) in [4.78, 5) is 27.4. The number of hydrogen-bond donors (Lipinski definition) is 1. The Bertz CT molecular complexity index is 631. The van der Waals surface area contributed by atoms with Gasteiger partial charge in [-0.25, -0.2) is 19.9 Å². The first-order chi connectivity index (χ1) is 9.31. The van der Waals surface area contributed by atoms with Gasteiger partial charge in [0.25, 0.3) is 0 Å². The Morgan fingerprint density at radius 3 is 2.00 bits per heavy atom. The summed E-state index contributed by atoms with van der Waals surface area (Å²) >= 11 is 0. The molecule has 2 heterocycles. The normalized spacial score (nSPS) is 9.05. The lowest BCUT2D eigenvalue weighted by atomic mass is 10.8. The predicted molar refractivity (Wildman–Crippen MR) is 60.5 cm³/mol. The molecule has 0 atom stereocenters. The molecule has 13 heteroatoms. The molecule has 92 valence electrons. The standard InChI is InChI=1S/C6H3N13/c7-18-16-5-13-4(14-6(15-5)17-19-8)12-3-10-1-9-2-11-3/h1-2H,(H,9,10,11,12,13,14,15). The van der Waals surface area contributed by atoms with Gasteiger partial charge in [0.05, 0.1) is 0 Å². The molecule has 0 aliphatic carbocycles. The second-order valence-electron chi connectivity index (χ2n) is 2.72. The first kappa shape index (κ1) is 11.9. The van der Waals surface area contributed by atoms with Gasteiger partial charge in [-0.3, -0.25) is 5.32 Å². The molecule has 0 fully saturated rings. The topological polar surface area (TPSA) is 187 Å². The minimum Gasteiger partial charge on any atom is -0.292 e. The molecule has 0 radical (unpaired) electrons. The van der Waals surface area contributed by atoms with Gasteiger partial charge in [0.15, 0.2) is 0 Å². The van der Waals surface area contributed by atoms with Gasteiger partial charge in [-0.05, 0) is 21.3 Å². The summed E-state index contributed by atoms with van der Waals surface area (Å²) in [5.74, 6) is -0.376. The maximum atomic E-state index is 8.32. The van der Waals surface area contributed by atoms with Crippen LogP contribution in [0.5, 0.6) is 0 Å². The molecule has 0 amide bonds. The van der Waals surface area contributed by atoms with Crippen LogP contribution in [0, 0.1) is 0 Å². The summed E-state index contributed by atoms with van der Waals surface area (Å²) in [5, 5.41) is 9.00. The van der Waals surface area contributed by atoms with E-state index in [-0.39, 0.29) is 23.8 Å². The first-order valence-electron chi connectivity index (χ1n) is 4.57. The number of aromatic nitrogens is 6. The molecule has 0 saturated heterocycles. The van der Waals surface area contributed by atoms with Gasteiger partial charge < -0.3 is 0 Å². The summed E-state index contributed by atoms with van der Waals surface area (Å²) in [6.07, 6.45) is 2.53. The first-order valence-corrected chi connectivity index (χ1v) is 4.57. The molecular weight excluding hydrogens is 254 g/mol. The van der Waals surface area contributed by atoms with Gasteiger partial charge >= 0.3 is 0 Å². The number of azide groups is 2. The molecule has 0 bridgehead atoms. The number of hydrogen-bond acceptors (Lipinski definition) is 9. The van der Waals surface area contributed by atoms with Crippen LogP contribution in [-0.4, -0.2) is 29.9 Å². The summed E-state index contributed by atoms with van der Waals surface area (Å²) in [5.41, 5.74) is 16.6. The zero-order chi connectivity index (χ0) is 13.5. The van der Waals surface area contributed by atoms with E-state index >= 15 is 0 Å². The van der Waals surface area contributed by atoms with Crippen molar-refractivity contribution in [2.75, 3.05) is 5.32 Å². The average Bonchev–Trinajstić information content (AvgIpc) is 2.40. The maximum absolute atomic E-state index is 8.32. The van der Waals surface area contributed by atoms with Crippen LogP contribution in [0.3, 0.4) is 0 Å². The van der Waals surface area contributed by atoms with Crippen molar-refractivity contribution in [1.29, 1.82) is 0 Å². The SMILES string of the molecule is [N-]=[N+]=Nc1nc(N=[N+]=[N-])nc(Nc2ncncn2)n1. The third-order valence-corrected chi connectivity index (χ3v) is 1.60. The van der Waals surface area contributed by atoms with Gasteiger partial charge in [-0.2, -0.15) is 9.97 Å². The maximum Gasteiger partial charge on any atom is 0.233 e. The molecule has 0 aliphatic rings. The van der Waals surface area contributed by atoms with Crippen molar-refractivity contribution in [2.45, 2.75) is 0 Å². The Balaban J connectivity index is 2.38. The molecule has 2 aromatic rings. The van der Waals surface area contributed by atoms with Crippen LogP contribution < -0.4 is 5.32 Å². The van der Waals surface area contributed by atoms with Crippen molar-refractivity contribution < 1.29 is 0 Å². The Labute approximate surface area is 104 Å². The van der Waals surface area contributed by atoms with E-state index in [9.17, 15) is 0 Å². The summed E-state index contributed by atoms with van der Waals surface area (Å²) in [7, 11) is 0. The Morgan fingerprint density at radius 2 is 1.47 bits per heavy atom. The Kier molecular flexibility index (Phi) is 3.56. The molecule has 0 unspecified atom stereocenters. The van der Waals surface area contributed by atoms with Crippen LogP contribution >= 0.6 is 0 Å². The van der Waals surface area contributed by atoms with Crippen LogP contribution in [-0.2, 0) is 0 Å². The lowest BCUT2D eigenvalue weighted by molar-refractivity contribution is 0.997. The average molecular weight is 257 g/mol. The van der Waals surface area contributed by atoms with Gasteiger partial charge in [-0.15, -0.1) is 0 Å². The van der Waals surface area contributed by atoms with E-state index in [2.05, 4.69) is 55.3 Å². The molecule has 2 rings (SSSR count). The van der Waals surface area contributed by atoms with Crippen LogP contribution in [0.25, 0.3) is 20.9 Å². The van der Waals surface area contributed by atoms with E-state index in [4.69, 9.17) is 11.1 Å². The molecule has 0 aliphatic heterocycles. The molecular formula is C6H3N13. The highest BCUT2D eigenvalue weighted by Gasteiger charge is 2.05. The van der Waals surface area contributed by atoms with Crippen molar-refractivity contribution >= 4 is 23.8 Å². The van der Waals surface area contributed by atoms with E-state index in [1.165, 1.54) is 12.7 Å². The van der Waals surface area contributed by atoms with Gasteiger partial charge in [0.2, 0.25) is 23.8 Å². The monoisotopic (exact) mass is 257 g/mol. The van der Waals surface area contributed by atoms with Gasteiger partial charge in [0, 0.05) is 9.82 Å². The highest BCUT2D eigenvalue weighted by Crippen LogP contribution is 2.16. The molecule has 0 spiro atoms. The summed E-state index contributed by atoms with van der Waals surface area (Å²) in [6.45, 7) is 0. The third kappa shape index (κ3) is 3.20. The molecule has 1 N–H and O–H groups in total. The van der Waals surface area contributed by atoms with Gasteiger partial charge in [0.1, 0.15) is 12.7 Å². The van der Waals surface area contributed by atoms with Crippen molar-refractivity contribution in [3.8, 4) is 0 Å². The van der Waals surface area contributed by atoms with E-state index in [1.807, 2.05) is 0 Å². The van der Waals surface area contributed by atoms with E-state index in [1.54, 1.807) is 0 Å². The predicted octanol–water partition coefficient (Wildman–Crippen LogP) is 1.68. The van der Waals surface area contributed by atoms with Crippen molar-refractivity contribution in [2.24, 2.45) is 10.2 Å². The fraction of sp³-hybridized carbons (Fsp3) is 0. The number of nitrogens with one attached hydrogen (secondary N) is 1. The zero-order valence-corrected chi connectivity index (χ0v) is 9.02. The number of rotatable bonds is 4. The quantitative estimate of drug-likeness (QED) is 0.489. The molecule has 2 aromatic heterocycles. The van der Waals surface area contributed by atoms with E-state index in [0.29, 0.717) is 0 Å². The van der Waals surface area contributed by atoms with Crippen LogP contribution in [0.4, 0.5) is 23.8 Å². The summed E-state index contributed by atoms with van der Waals surface area (Å²) < 4.78 is 0. The molecule has 0 saturated carbocycles. The second-order valence-corrected chi connectivity index (χ2v) is 2.72. The fourth-order valence-corrected chi connectivity index (χ4v) is 0.983. The number of anilines is 2. The largest absolute Gasteiger partial charge is 0.292 e. The van der Waals surface area contributed by atoms with Crippen LogP contribution in [0.2, 0.25) is 0 Å². The Hall–Kier alpha value is -3.56. The van der Waals surface area contributed by atoms with Crippen molar-refractivity contribution in [3.05, 3.63) is 33.5 Å². The fourth-order valence-electron chi connectivity index (χ4n) is 0.983. The smallest absolute Gasteiger partial charge is 0.233 e. The molecule has 19 heavy (non-hydrogen) atoms. The highest BCUT2D eigenvalue weighted by atomic mass is 15.3. The minimum absolute atomic E-state index is 0.0361. The lowest BCUT2D eigenvalue weighted by Crippen LogP contribution is -2.01. The lowest BCUT2D eigenvalue weighted by Gasteiger charge is -2.02. The highest BCUT2D eigenvalue weighted by molar-refractivity contribution is 5.45. The summed E-state index contributed by atoms with van der Waals surface area (Å²) in [6, 6.07) is 0. The van der Waals surface area contributed by atoms with Crippen LogP contribution in [0.1, 0.15) is 0 Å². The van der Waals surface area contributed by atoms with Crippen LogP contribution in [0.15, 0.2) is 22.9 Å². The second kappa shape index (κ2) is 5.67. The van der Waals surface area contributed by atoms with Crippen molar-refractivity contribution in [3.63, 3.8) is 0 Å². The van der Waals surface area contributed by atoms with Crippen molar-refractivity contribution in [1.82, 2.24) is 29.9 Å². The molecule has 0 aromatic carbocycles. The third-order valence-electron chi connectivity index (χ3n) is 1.60. The Morgan fingerprint density at radius 1 is 0.895 bits per heavy atom. The van der Waals surface area contributed by atoms with Gasteiger partial charge in [-0.1, -0.05) is 0 Å². The van der Waals surface area contributed by atoms with E-state index < -0.39 is 0 Å². The molecule has 13 nitrogen and oxygen atoms in total. The van der Waals surface area contributed by atoms with E-state index in [0.717, 1.165) is 0 Å².